The number of ether oxygens (including phenoxy) is 2. The third-order valence-corrected chi connectivity index (χ3v) is 5.02. The van der Waals surface area contributed by atoms with E-state index in [0.717, 1.165) is 25.7 Å². The number of aliphatic hydroxyl groups is 1. The van der Waals surface area contributed by atoms with Crippen molar-refractivity contribution in [1.82, 2.24) is 0 Å². The largest absolute Gasteiger partial charge is 0.496 e. The molecule has 1 saturated carbocycles. The molecule has 1 spiro atoms. The first-order valence-electron chi connectivity index (χ1n) is 7.80. The first-order valence-corrected chi connectivity index (χ1v) is 7.80. The lowest BCUT2D eigenvalue weighted by molar-refractivity contribution is -0.113. The van der Waals surface area contributed by atoms with Crippen molar-refractivity contribution in [3.8, 4) is 5.75 Å². The third-order valence-electron chi connectivity index (χ3n) is 5.02. The maximum absolute atomic E-state index is 14.1. The van der Waals surface area contributed by atoms with Crippen LogP contribution < -0.4 is 4.74 Å². The van der Waals surface area contributed by atoms with Gasteiger partial charge in [-0.25, -0.2) is 4.39 Å². The van der Waals surface area contributed by atoms with E-state index in [-0.39, 0.29) is 11.5 Å². The summed E-state index contributed by atoms with van der Waals surface area (Å²) >= 11 is 0. The number of rotatable bonds is 3. The quantitative estimate of drug-likeness (QED) is 0.925. The Morgan fingerprint density at radius 3 is 2.86 bits per heavy atom. The summed E-state index contributed by atoms with van der Waals surface area (Å²) in [6.45, 7) is 0.651. The van der Waals surface area contributed by atoms with Crippen LogP contribution in [0.4, 0.5) is 4.39 Å². The van der Waals surface area contributed by atoms with Gasteiger partial charge in [0.2, 0.25) is 0 Å². The average molecular weight is 294 g/mol. The summed E-state index contributed by atoms with van der Waals surface area (Å²) in [4.78, 5) is 0. The van der Waals surface area contributed by atoms with Crippen LogP contribution in [0.2, 0.25) is 0 Å². The van der Waals surface area contributed by atoms with Gasteiger partial charge >= 0.3 is 0 Å². The molecule has 2 aliphatic rings. The van der Waals surface area contributed by atoms with Gasteiger partial charge in [-0.1, -0.05) is 18.9 Å². The van der Waals surface area contributed by atoms with Gasteiger partial charge in [0.25, 0.3) is 0 Å². The highest BCUT2D eigenvalue weighted by atomic mass is 19.1. The van der Waals surface area contributed by atoms with Gasteiger partial charge in [0, 0.05) is 6.61 Å². The van der Waals surface area contributed by atoms with Crippen LogP contribution in [-0.4, -0.2) is 24.4 Å². The van der Waals surface area contributed by atoms with Crippen molar-refractivity contribution >= 4 is 0 Å². The van der Waals surface area contributed by atoms with Crippen molar-refractivity contribution in [2.45, 2.75) is 50.2 Å². The van der Waals surface area contributed by atoms with Gasteiger partial charge in [-0.2, -0.15) is 0 Å². The van der Waals surface area contributed by atoms with Crippen LogP contribution in [0.3, 0.4) is 0 Å². The van der Waals surface area contributed by atoms with Crippen molar-refractivity contribution in [2.75, 3.05) is 13.7 Å². The van der Waals surface area contributed by atoms with Gasteiger partial charge in [0.1, 0.15) is 11.6 Å². The maximum Gasteiger partial charge on any atom is 0.132 e. The van der Waals surface area contributed by atoms with Crippen molar-refractivity contribution in [3.63, 3.8) is 0 Å². The van der Waals surface area contributed by atoms with E-state index in [1.165, 1.54) is 26.0 Å². The molecule has 1 heterocycles. The topological polar surface area (TPSA) is 38.7 Å². The van der Waals surface area contributed by atoms with Crippen LogP contribution in [0.5, 0.6) is 5.75 Å². The lowest BCUT2D eigenvalue weighted by atomic mass is 9.79. The molecule has 1 aliphatic heterocycles. The first-order chi connectivity index (χ1) is 10.2. The van der Waals surface area contributed by atoms with Crippen molar-refractivity contribution in [2.24, 2.45) is 5.92 Å². The number of aliphatic hydroxyl groups excluding tert-OH is 1. The summed E-state index contributed by atoms with van der Waals surface area (Å²) in [5, 5.41) is 10.7. The molecule has 1 saturated heterocycles. The fourth-order valence-electron chi connectivity index (χ4n) is 3.92. The Kier molecular flexibility index (Phi) is 4.18. The Balaban J connectivity index is 1.83. The standard InChI is InChI=1S/C17H23FO3/c1-20-14-6-4-5-13(18)15(14)16(19)12-7-10-21-17(11-12)8-2-3-9-17/h4-6,12,16,19H,2-3,7-11H2,1H3. The Morgan fingerprint density at radius 1 is 1.38 bits per heavy atom. The van der Waals surface area contributed by atoms with Crippen LogP contribution in [0.1, 0.15) is 50.2 Å². The molecule has 1 aromatic carbocycles. The smallest absolute Gasteiger partial charge is 0.132 e. The first kappa shape index (κ1) is 14.8. The summed E-state index contributed by atoms with van der Waals surface area (Å²) in [5.41, 5.74) is 0.211. The van der Waals surface area contributed by atoms with E-state index in [2.05, 4.69) is 0 Å². The van der Waals surface area contributed by atoms with Crippen LogP contribution in [0, 0.1) is 11.7 Å². The van der Waals surface area contributed by atoms with E-state index >= 15 is 0 Å². The number of benzene rings is 1. The number of hydrogen-bond acceptors (Lipinski definition) is 3. The van der Waals surface area contributed by atoms with Crippen molar-refractivity contribution < 1.29 is 19.0 Å². The second-order valence-corrected chi connectivity index (χ2v) is 6.29. The molecule has 3 nitrogen and oxygen atoms in total. The van der Waals surface area contributed by atoms with Gasteiger partial charge in [-0.3, -0.25) is 0 Å². The van der Waals surface area contributed by atoms with E-state index in [9.17, 15) is 9.50 Å². The molecular formula is C17H23FO3. The minimum Gasteiger partial charge on any atom is -0.496 e. The van der Waals surface area contributed by atoms with Crippen molar-refractivity contribution in [1.29, 1.82) is 0 Å². The highest BCUT2D eigenvalue weighted by Crippen LogP contribution is 2.46. The molecule has 1 N–H and O–H groups in total. The molecule has 0 radical (unpaired) electrons. The Labute approximate surface area is 125 Å². The Hall–Kier alpha value is -1.13. The molecule has 2 unspecified atom stereocenters. The molecule has 1 aromatic rings. The van der Waals surface area contributed by atoms with Crippen LogP contribution in [0.25, 0.3) is 0 Å². The lowest BCUT2D eigenvalue weighted by Gasteiger charge is -2.40. The molecule has 2 atom stereocenters. The van der Waals surface area contributed by atoms with E-state index < -0.39 is 11.9 Å². The van der Waals surface area contributed by atoms with Crippen LogP contribution >= 0.6 is 0 Å². The predicted octanol–water partition coefficient (Wildman–Crippen LogP) is 3.61. The number of halogens is 1. The minimum absolute atomic E-state index is 0.0302. The van der Waals surface area contributed by atoms with Crippen LogP contribution in [-0.2, 0) is 4.74 Å². The highest BCUT2D eigenvalue weighted by molar-refractivity contribution is 5.36. The minimum atomic E-state index is -0.831. The average Bonchev–Trinajstić information content (AvgIpc) is 2.94. The predicted molar refractivity (Wildman–Crippen MR) is 77.8 cm³/mol. The molecule has 21 heavy (non-hydrogen) atoms. The Bertz CT molecular complexity index is 497. The van der Waals surface area contributed by atoms with E-state index in [1.807, 2.05) is 0 Å². The molecule has 3 rings (SSSR count). The second-order valence-electron chi connectivity index (χ2n) is 6.29. The zero-order chi connectivity index (χ0) is 14.9. The monoisotopic (exact) mass is 294 g/mol. The molecular weight excluding hydrogens is 271 g/mol. The van der Waals surface area contributed by atoms with E-state index in [0.29, 0.717) is 17.9 Å². The van der Waals surface area contributed by atoms with E-state index in [1.54, 1.807) is 12.1 Å². The highest BCUT2D eigenvalue weighted by Gasteiger charge is 2.42. The molecule has 116 valence electrons. The van der Waals surface area contributed by atoms with Gasteiger partial charge in [-0.15, -0.1) is 0 Å². The summed E-state index contributed by atoms with van der Waals surface area (Å²) in [7, 11) is 1.51. The molecule has 0 amide bonds. The molecule has 1 aliphatic carbocycles. The normalized spacial score (nSPS) is 26.0. The van der Waals surface area contributed by atoms with Gasteiger partial charge in [0.15, 0.2) is 0 Å². The zero-order valence-electron chi connectivity index (χ0n) is 12.5. The van der Waals surface area contributed by atoms with Crippen LogP contribution in [0.15, 0.2) is 18.2 Å². The SMILES string of the molecule is COc1cccc(F)c1C(O)C1CCOC2(CCCC2)C1. The Morgan fingerprint density at radius 2 is 2.14 bits per heavy atom. The third kappa shape index (κ3) is 2.79. The maximum atomic E-state index is 14.1. The van der Waals surface area contributed by atoms with Gasteiger partial charge in [0.05, 0.1) is 24.4 Å². The second kappa shape index (κ2) is 5.93. The van der Waals surface area contributed by atoms with Crippen molar-refractivity contribution in [3.05, 3.63) is 29.6 Å². The fourth-order valence-corrected chi connectivity index (χ4v) is 3.92. The number of hydrogen-bond donors (Lipinski definition) is 1. The van der Waals surface area contributed by atoms with Gasteiger partial charge < -0.3 is 14.6 Å². The molecule has 0 aromatic heterocycles. The van der Waals surface area contributed by atoms with Gasteiger partial charge in [-0.05, 0) is 43.7 Å². The summed E-state index contributed by atoms with van der Waals surface area (Å²) in [5.74, 6) is 0.0610. The summed E-state index contributed by atoms with van der Waals surface area (Å²) in [6, 6.07) is 4.69. The molecule has 0 bridgehead atoms. The lowest BCUT2D eigenvalue weighted by Crippen LogP contribution is -2.39. The fraction of sp³-hybridized carbons (Fsp3) is 0.647. The van der Waals surface area contributed by atoms with E-state index in [4.69, 9.17) is 9.47 Å². The number of methoxy groups -OCH3 is 1. The molecule has 4 heteroatoms. The molecule has 2 fully saturated rings. The summed E-state index contributed by atoms with van der Waals surface area (Å²) < 4.78 is 25.4. The zero-order valence-corrected chi connectivity index (χ0v) is 12.5. The summed E-state index contributed by atoms with van der Waals surface area (Å²) in [6.07, 6.45) is 5.24.